The second kappa shape index (κ2) is 8.37. The molecule has 1 aliphatic heterocycles. The highest BCUT2D eigenvalue weighted by molar-refractivity contribution is 6.05. The predicted molar refractivity (Wildman–Crippen MR) is 106 cm³/mol. The summed E-state index contributed by atoms with van der Waals surface area (Å²) in [6.45, 7) is 3.54. The Kier molecular flexibility index (Phi) is 5.94. The lowest BCUT2D eigenvalue weighted by Gasteiger charge is -2.21. The van der Waals surface area contributed by atoms with Crippen LogP contribution in [-0.2, 0) is 13.0 Å². The molecule has 2 amide bonds. The molecule has 1 aromatic carbocycles. The maximum Gasteiger partial charge on any atom is 0.294 e. The Bertz CT molecular complexity index is 813. The van der Waals surface area contributed by atoms with Crippen molar-refractivity contribution in [2.75, 3.05) is 25.5 Å². The van der Waals surface area contributed by atoms with Crippen LogP contribution in [0.1, 0.15) is 59.4 Å². The Morgan fingerprint density at radius 2 is 1.85 bits per heavy atom. The van der Waals surface area contributed by atoms with E-state index in [1.807, 2.05) is 41.9 Å². The number of imidazole rings is 1. The van der Waals surface area contributed by atoms with Gasteiger partial charge in [-0.1, -0.05) is 31.5 Å². The second-order valence-corrected chi connectivity index (χ2v) is 7.12. The fourth-order valence-electron chi connectivity index (χ4n) is 3.47. The van der Waals surface area contributed by atoms with E-state index in [2.05, 4.69) is 11.9 Å². The van der Waals surface area contributed by atoms with Gasteiger partial charge in [0.15, 0.2) is 0 Å². The van der Waals surface area contributed by atoms with Crippen LogP contribution in [0.2, 0.25) is 0 Å². The molecule has 1 aromatic heterocycles. The lowest BCUT2D eigenvalue weighted by atomic mass is 10.1. The van der Waals surface area contributed by atoms with Crippen molar-refractivity contribution in [1.82, 2.24) is 14.5 Å². The van der Waals surface area contributed by atoms with Gasteiger partial charge < -0.3 is 14.4 Å². The zero-order valence-electron chi connectivity index (χ0n) is 16.4. The summed E-state index contributed by atoms with van der Waals surface area (Å²) in [7, 11) is 3.56. The number of benzene rings is 1. The van der Waals surface area contributed by atoms with Crippen molar-refractivity contribution in [3.8, 4) is 0 Å². The number of carbonyl (C=O) groups is 2. The van der Waals surface area contributed by atoms with Crippen molar-refractivity contribution in [2.24, 2.45) is 0 Å². The minimum absolute atomic E-state index is 0.0875. The zero-order chi connectivity index (χ0) is 19.4. The Labute approximate surface area is 160 Å². The molecular weight excluding hydrogens is 340 g/mol. The van der Waals surface area contributed by atoms with E-state index in [1.165, 1.54) is 0 Å². The number of fused-ring (bicyclic) bond motifs is 1. The summed E-state index contributed by atoms with van der Waals surface area (Å²) in [5, 5.41) is 0. The molecule has 0 radical (unpaired) electrons. The fourth-order valence-corrected chi connectivity index (χ4v) is 3.47. The van der Waals surface area contributed by atoms with Crippen LogP contribution in [0.3, 0.4) is 0 Å². The predicted octanol–water partition coefficient (Wildman–Crippen LogP) is 3.37. The van der Waals surface area contributed by atoms with Crippen molar-refractivity contribution in [1.29, 1.82) is 0 Å². The first-order valence-corrected chi connectivity index (χ1v) is 9.72. The molecule has 0 spiro atoms. The second-order valence-electron chi connectivity index (χ2n) is 7.12. The third kappa shape index (κ3) is 3.89. The summed E-state index contributed by atoms with van der Waals surface area (Å²) in [6, 6.07) is 9.50. The number of rotatable bonds is 6. The van der Waals surface area contributed by atoms with E-state index >= 15 is 0 Å². The number of hydrogen-bond donors (Lipinski definition) is 0. The monoisotopic (exact) mass is 368 g/mol. The molecule has 0 saturated heterocycles. The Morgan fingerprint density at radius 1 is 1.11 bits per heavy atom. The largest absolute Gasteiger partial charge is 0.340 e. The van der Waals surface area contributed by atoms with Gasteiger partial charge in [-0.15, -0.1) is 0 Å². The van der Waals surface area contributed by atoms with Crippen LogP contribution < -0.4 is 4.90 Å². The zero-order valence-corrected chi connectivity index (χ0v) is 16.4. The van der Waals surface area contributed by atoms with Crippen LogP contribution >= 0.6 is 0 Å². The number of unbranched alkanes of at least 4 members (excludes halogenated alkanes) is 1. The van der Waals surface area contributed by atoms with Gasteiger partial charge in [-0.3, -0.25) is 9.59 Å². The Morgan fingerprint density at radius 3 is 2.56 bits per heavy atom. The summed E-state index contributed by atoms with van der Waals surface area (Å²) in [4.78, 5) is 33.9. The molecule has 0 atom stereocenters. The molecule has 0 fully saturated rings. The highest BCUT2D eigenvalue weighted by atomic mass is 16.2. The summed E-state index contributed by atoms with van der Waals surface area (Å²) >= 11 is 0. The topological polar surface area (TPSA) is 58.4 Å². The van der Waals surface area contributed by atoms with Gasteiger partial charge in [0, 0.05) is 32.9 Å². The van der Waals surface area contributed by atoms with Gasteiger partial charge in [0.25, 0.3) is 11.8 Å². The van der Waals surface area contributed by atoms with Crippen LogP contribution in [-0.4, -0.2) is 46.9 Å². The van der Waals surface area contributed by atoms with Crippen LogP contribution in [0.5, 0.6) is 0 Å². The minimum atomic E-state index is -0.181. The first kappa shape index (κ1) is 19.1. The molecule has 6 heteroatoms. The van der Waals surface area contributed by atoms with Gasteiger partial charge in [0.05, 0.1) is 5.69 Å². The van der Waals surface area contributed by atoms with Gasteiger partial charge in [-0.2, -0.15) is 0 Å². The summed E-state index contributed by atoms with van der Waals surface area (Å²) in [5.41, 5.74) is 2.15. The van der Waals surface area contributed by atoms with Crippen molar-refractivity contribution >= 4 is 17.5 Å². The summed E-state index contributed by atoms with van der Waals surface area (Å²) < 4.78 is 1.95. The van der Waals surface area contributed by atoms with E-state index in [0.29, 0.717) is 18.1 Å². The highest BCUT2D eigenvalue weighted by Crippen LogP contribution is 2.24. The molecular formula is C21H28N4O2. The highest BCUT2D eigenvalue weighted by Gasteiger charge is 2.30. The average molecular weight is 368 g/mol. The van der Waals surface area contributed by atoms with Crippen LogP contribution in [0.25, 0.3) is 0 Å². The molecule has 0 N–H and O–H groups in total. The third-order valence-electron chi connectivity index (χ3n) is 5.15. The van der Waals surface area contributed by atoms with E-state index in [4.69, 9.17) is 0 Å². The van der Waals surface area contributed by atoms with Gasteiger partial charge >= 0.3 is 0 Å². The number of hydrogen-bond acceptors (Lipinski definition) is 3. The van der Waals surface area contributed by atoms with E-state index in [-0.39, 0.29) is 11.8 Å². The number of carbonyl (C=O) groups excluding carboxylic acids is 2. The van der Waals surface area contributed by atoms with E-state index in [1.54, 1.807) is 16.8 Å². The number of nitrogens with zero attached hydrogens (tertiary/aromatic N) is 4. The average Bonchev–Trinajstić information content (AvgIpc) is 3.10. The standard InChI is InChI=1S/C21H28N4O2/c1-4-5-14-23(2)20(26)18-17-13-9-10-15-25(17)19(22-18)21(27)24(3)16-11-7-6-8-12-16/h6-8,11-12H,4-5,9-10,13-15H2,1-3H3. The first-order chi connectivity index (χ1) is 13.0. The summed E-state index contributed by atoms with van der Waals surface area (Å²) in [5.74, 6) is 0.0958. The SMILES string of the molecule is CCCCN(C)C(=O)c1nc(C(=O)N(C)c2ccccc2)n2c1CCCC2. The molecule has 2 heterocycles. The Hall–Kier alpha value is -2.63. The maximum absolute atomic E-state index is 13.1. The van der Waals surface area contributed by atoms with Crippen molar-refractivity contribution < 1.29 is 9.59 Å². The van der Waals surface area contributed by atoms with Gasteiger partial charge in [0.2, 0.25) is 5.82 Å². The number of aromatic nitrogens is 2. The van der Waals surface area contributed by atoms with E-state index < -0.39 is 0 Å². The number of para-hydroxylation sites is 1. The quantitative estimate of drug-likeness (QED) is 0.785. The smallest absolute Gasteiger partial charge is 0.294 e. The molecule has 144 valence electrons. The van der Waals surface area contributed by atoms with Gasteiger partial charge in [-0.25, -0.2) is 4.98 Å². The van der Waals surface area contributed by atoms with Crippen LogP contribution in [0.15, 0.2) is 30.3 Å². The molecule has 2 aromatic rings. The van der Waals surface area contributed by atoms with E-state index in [9.17, 15) is 9.59 Å². The minimum Gasteiger partial charge on any atom is -0.340 e. The molecule has 27 heavy (non-hydrogen) atoms. The van der Waals surface area contributed by atoms with Gasteiger partial charge in [0.1, 0.15) is 5.69 Å². The van der Waals surface area contributed by atoms with Crippen molar-refractivity contribution in [3.05, 3.63) is 47.5 Å². The molecule has 6 nitrogen and oxygen atoms in total. The molecule has 3 rings (SSSR count). The lowest BCUT2D eigenvalue weighted by Crippen LogP contribution is -2.30. The lowest BCUT2D eigenvalue weighted by molar-refractivity contribution is 0.0786. The molecule has 1 aliphatic rings. The fraction of sp³-hybridized carbons (Fsp3) is 0.476. The van der Waals surface area contributed by atoms with Crippen LogP contribution in [0.4, 0.5) is 5.69 Å². The molecule has 0 aliphatic carbocycles. The van der Waals surface area contributed by atoms with Crippen molar-refractivity contribution in [3.63, 3.8) is 0 Å². The van der Waals surface area contributed by atoms with Crippen LogP contribution in [0, 0.1) is 0 Å². The molecule has 0 unspecified atom stereocenters. The Balaban J connectivity index is 1.93. The first-order valence-electron chi connectivity index (χ1n) is 9.72. The molecule has 0 saturated carbocycles. The molecule has 0 bridgehead atoms. The van der Waals surface area contributed by atoms with Gasteiger partial charge in [-0.05, 0) is 37.8 Å². The normalized spacial score (nSPS) is 13.1. The van der Waals surface area contributed by atoms with Crippen molar-refractivity contribution in [2.45, 2.75) is 45.6 Å². The third-order valence-corrected chi connectivity index (χ3v) is 5.15. The number of amides is 2. The van der Waals surface area contributed by atoms with E-state index in [0.717, 1.165) is 50.0 Å². The number of anilines is 1. The maximum atomic E-state index is 13.1. The summed E-state index contributed by atoms with van der Waals surface area (Å²) in [6.07, 6.45) is 4.80.